The average molecular weight is 369 g/mol. The number of fused-ring (bicyclic) bond motifs is 1. The van der Waals surface area contributed by atoms with Crippen molar-refractivity contribution in [2.75, 3.05) is 0 Å². The first-order valence-corrected chi connectivity index (χ1v) is 10.0. The van der Waals surface area contributed by atoms with Crippen LogP contribution in [0.2, 0.25) is 0 Å². The molecule has 0 bridgehead atoms. The maximum absolute atomic E-state index is 13.1. The Morgan fingerprint density at radius 3 is 2.96 bits per heavy atom. The Bertz CT molecular complexity index is 932. The smallest absolute Gasteiger partial charge is 0.259 e. The summed E-state index contributed by atoms with van der Waals surface area (Å²) >= 11 is 1.59. The molecule has 0 radical (unpaired) electrons. The van der Waals surface area contributed by atoms with E-state index in [1.54, 1.807) is 11.3 Å². The van der Waals surface area contributed by atoms with Gasteiger partial charge in [0.15, 0.2) is 0 Å². The summed E-state index contributed by atoms with van der Waals surface area (Å²) < 4.78 is 5.37. The van der Waals surface area contributed by atoms with Gasteiger partial charge in [-0.2, -0.15) is 0 Å². The van der Waals surface area contributed by atoms with E-state index in [0.29, 0.717) is 34.2 Å². The van der Waals surface area contributed by atoms with Crippen LogP contribution in [0.1, 0.15) is 49.2 Å². The van der Waals surface area contributed by atoms with Crippen LogP contribution in [0.3, 0.4) is 0 Å². The van der Waals surface area contributed by atoms with Crippen molar-refractivity contribution in [3.63, 3.8) is 0 Å². The van der Waals surface area contributed by atoms with E-state index in [1.165, 1.54) is 6.42 Å². The molecule has 3 aromatic heterocycles. The van der Waals surface area contributed by atoms with Crippen molar-refractivity contribution in [1.29, 1.82) is 0 Å². The lowest BCUT2D eigenvalue weighted by atomic mass is 9.78. The molecule has 6 heteroatoms. The fraction of sp³-hybridized carbons (Fsp3) is 0.450. The lowest BCUT2D eigenvalue weighted by Gasteiger charge is -2.34. The van der Waals surface area contributed by atoms with E-state index in [-0.39, 0.29) is 11.9 Å². The van der Waals surface area contributed by atoms with Crippen molar-refractivity contribution in [2.45, 2.75) is 46.1 Å². The molecule has 4 rings (SSSR count). The minimum atomic E-state index is -0.0625. The molecule has 1 amide bonds. The first-order valence-electron chi connectivity index (χ1n) is 9.16. The second-order valence-electron chi connectivity index (χ2n) is 7.33. The van der Waals surface area contributed by atoms with E-state index in [9.17, 15) is 4.79 Å². The zero-order valence-electron chi connectivity index (χ0n) is 15.3. The van der Waals surface area contributed by atoms with E-state index >= 15 is 0 Å². The van der Waals surface area contributed by atoms with Gasteiger partial charge in [-0.3, -0.25) is 4.79 Å². The Kier molecular flexibility index (Phi) is 4.53. The van der Waals surface area contributed by atoms with Gasteiger partial charge < -0.3 is 9.84 Å². The maximum atomic E-state index is 13.1. The molecule has 26 heavy (non-hydrogen) atoms. The molecule has 0 unspecified atom stereocenters. The molecule has 1 saturated carbocycles. The number of carbonyl (C=O) groups excluding carboxylic acids is 1. The van der Waals surface area contributed by atoms with Crippen LogP contribution in [0.15, 0.2) is 28.1 Å². The topological polar surface area (TPSA) is 68.0 Å². The first kappa shape index (κ1) is 17.2. The van der Waals surface area contributed by atoms with Gasteiger partial charge in [0.1, 0.15) is 0 Å². The predicted molar refractivity (Wildman–Crippen MR) is 103 cm³/mol. The van der Waals surface area contributed by atoms with E-state index in [4.69, 9.17) is 4.52 Å². The highest BCUT2D eigenvalue weighted by Crippen LogP contribution is 2.32. The van der Waals surface area contributed by atoms with Crippen LogP contribution >= 0.6 is 11.3 Å². The van der Waals surface area contributed by atoms with Crippen molar-refractivity contribution in [1.82, 2.24) is 15.5 Å². The number of carbonyl (C=O) groups is 1. The summed E-state index contributed by atoms with van der Waals surface area (Å²) in [7, 11) is 0. The first-order chi connectivity index (χ1) is 12.5. The summed E-state index contributed by atoms with van der Waals surface area (Å²) in [6, 6.07) is 6.04. The van der Waals surface area contributed by atoms with Crippen molar-refractivity contribution < 1.29 is 9.32 Å². The number of thiophene rings is 1. The minimum absolute atomic E-state index is 0.0625. The molecule has 0 aliphatic heterocycles. The fourth-order valence-corrected chi connectivity index (χ4v) is 4.54. The third kappa shape index (κ3) is 3.03. The zero-order chi connectivity index (χ0) is 18.3. The van der Waals surface area contributed by atoms with Crippen molar-refractivity contribution in [2.24, 2.45) is 11.8 Å². The Hall–Kier alpha value is -2.21. The summed E-state index contributed by atoms with van der Waals surface area (Å²) in [5, 5.41) is 9.99. The molecule has 0 spiro atoms. The molecule has 0 saturated heterocycles. The molecule has 3 heterocycles. The van der Waals surface area contributed by atoms with Gasteiger partial charge in [-0.25, -0.2) is 4.98 Å². The molecule has 136 valence electrons. The Balaban J connectivity index is 1.72. The van der Waals surface area contributed by atoms with Crippen LogP contribution in [-0.2, 0) is 0 Å². The van der Waals surface area contributed by atoms with Crippen LogP contribution in [0, 0.1) is 18.8 Å². The molecule has 0 aromatic carbocycles. The number of hydrogen-bond acceptors (Lipinski definition) is 5. The molecule has 1 N–H and O–H groups in total. The second-order valence-corrected chi connectivity index (χ2v) is 8.28. The predicted octanol–water partition coefficient (Wildman–Crippen LogP) is 4.81. The average Bonchev–Trinajstić information content (AvgIpc) is 3.28. The van der Waals surface area contributed by atoms with Gasteiger partial charge in [0, 0.05) is 6.04 Å². The van der Waals surface area contributed by atoms with E-state index in [1.807, 2.05) is 30.5 Å². The number of pyridine rings is 1. The normalized spacial score (nSPS) is 23.3. The number of hydrogen-bond donors (Lipinski definition) is 1. The van der Waals surface area contributed by atoms with Gasteiger partial charge in [0.2, 0.25) is 0 Å². The number of aryl methyl sites for hydroxylation is 1. The van der Waals surface area contributed by atoms with Crippen LogP contribution in [0.5, 0.6) is 0 Å². The zero-order valence-corrected chi connectivity index (χ0v) is 16.1. The van der Waals surface area contributed by atoms with Gasteiger partial charge in [-0.15, -0.1) is 11.3 Å². The van der Waals surface area contributed by atoms with Gasteiger partial charge in [0.05, 0.1) is 27.2 Å². The highest BCUT2D eigenvalue weighted by Gasteiger charge is 2.29. The van der Waals surface area contributed by atoms with Crippen LogP contribution in [-0.4, -0.2) is 22.1 Å². The molecule has 1 aliphatic carbocycles. The van der Waals surface area contributed by atoms with Crippen LogP contribution < -0.4 is 5.32 Å². The lowest BCUT2D eigenvalue weighted by Crippen LogP contribution is -2.43. The number of aromatic nitrogens is 2. The standard InChI is InChI=1S/C20H23N3O2S/c1-11-6-4-7-15(12(11)2)21-19(24)14-10-16(17-8-5-9-26-17)22-20-18(14)13(3)23-25-20/h5,8-12,15H,4,6-7H2,1-3H3,(H,21,24)/t11-,12+,15+/m0/s1. The third-order valence-electron chi connectivity index (χ3n) is 5.66. The number of rotatable bonds is 3. The SMILES string of the molecule is Cc1noc2nc(-c3cccs3)cc(C(=O)N[C@@H]3CCC[C@H](C)[C@H]3C)c12. The van der Waals surface area contributed by atoms with Gasteiger partial charge in [-0.05, 0) is 42.7 Å². The van der Waals surface area contributed by atoms with E-state index in [2.05, 4.69) is 29.3 Å². The summed E-state index contributed by atoms with van der Waals surface area (Å²) in [6.45, 7) is 6.35. The molecule has 1 fully saturated rings. The molecule has 3 atom stereocenters. The Morgan fingerprint density at radius 2 is 2.19 bits per heavy atom. The number of amides is 1. The van der Waals surface area contributed by atoms with Crippen LogP contribution in [0.25, 0.3) is 21.7 Å². The third-order valence-corrected chi connectivity index (χ3v) is 6.55. The number of nitrogens with zero attached hydrogens (tertiary/aromatic N) is 2. The molecular formula is C20H23N3O2S. The molecule has 3 aromatic rings. The maximum Gasteiger partial charge on any atom is 0.259 e. The summed E-state index contributed by atoms with van der Waals surface area (Å²) in [5.74, 6) is 1.04. The molecule has 5 nitrogen and oxygen atoms in total. The number of nitrogens with one attached hydrogen (secondary N) is 1. The Morgan fingerprint density at radius 1 is 1.35 bits per heavy atom. The minimum Gasteiger partial charge on any atom is -0.349 e. The van der Waals surface area contributed by atoms with E-state index in [0.717, 1.165) is 23.4 Å². The largest absolute Gasteiger partial charge is 0.349 e. The van der Waals surface area contributed by atoms with E-state index < -0.39 is 0 Å². The van der Waals surface area contributed by atoms with Crippen molar-refractivity contribution in [3.05, 3.63) is 34.8 Å². The van der Waals surface area contributed by atoms with Crippen molar-refractivity contribution in [3.8, 4) is 10.6 Å². The summed E-state index contributed by atoms with van der Waals surface area (Å²) in [5.41, 5.74) is 2.46. The quantitative estimate of drug-likeness (QED) is 0.719. The highest BCUT2D eigenvalue weighted by molar-refractivity contribution is 7.13. The lowest BCUT2D eigenvalue weighted by molar-refractivity contribution is 0.0892. The Labute approximate surface area is 156 Å². The van der Waals surface area contributed by atoms with Crippen molar-refractivity contribution >= 4 is 28.3 Å². The van der Waals surface area contributed by atoms with Gasteiger partial charge in [0.25, 0.3) is 11.6 Å². The monoisotopic (exact) mass is 369 g/mol. The van der Waals surface area contributed by atoms with Gasteiger partial charge in [-0.1, -0.05) is 37.9 Å². The fourth-order valence-electron chi connectivity index (χ4n) is 3.86. The van der Waals surface area contributed by atoms with Crippen LogP contribution in [0.4, 0.5) is 0 Å². The molecule has 1 aliphatic rings. The van der Waals surface area contributed by atoms with Gasteiger partial charge >= 0.3 is 0 Å². The summed E-state index contributed by atoms with van der Waals surface area (Å²) in [6.07, 6.45) is 3.43. The summed E-state index contributed by atoms with van der Waals surface area (Å²) in [4.78, 5) is 18.7. The second kappa shape index (κ2) is 6.83. The molecular weight excluding hydrogens is 346 g/mol. The highest BCUT2D eigenvalue weighted by atomic mass is 32.1.